The van der Waals surface area contributed by atoms with Gasteiger partial charge in [0.25, 0.3) is 5.89 Å². The summed E-state index contributed by atoms with van der Waals surface area (Å²) in [6.07, 6.45) is 1.56. The zero-order chi connectivity index (χ0) is 21.1. The van der Waals surface area contributed by atoms with Gasteiger partial charge in [0.1, 0.15) is 23.8 Å². The normalized spacial score (nSPS) is 10.9. The van der Waals surface area contributed by atoms with E-state index in [1.165, 1.54) is 18.5 Å². The second-order valence-electron chi connectivity index (χ2n) is 6.32. The van der Waals surface area contributed by atoms with E-state index in [4.69, 9.17) is 4.52 Å². The first-order chi connectivity index (χ1) is 14.5. The Morgan fingerprint density at radius 1 is 1.03 bits per heavy atom. The molecule has 0 spiro atoms. The van der Waals surface area contributed by atoms with Gasteiger partial charge in [0.15, 0.2) is 0 Å². The monoisotopic (exact) mass is 473 g/mol. The average molecular weight is 474 g/mol. The number of benzene rings is 2. The standard InChI is InChI=1S/C20H14BrF2N5O2/c21-13-7-15(22)14(16(23)8-13)5-6-24-18-9-17(25-10-26-18)11-1-3-12(4-2-11)19-27-20(29)28-30-19/h1-4,7-10H,5-6H2,(H,28,29)(H,24,25,26). The highest BCUT2D eigenvalue weighted by Crippen LogP contribution is 2.23. The molecule has 4 aromatic rings. The number of nitrogens with one attached hydrogen (secondary N) is 2. The van der Waals surface area contributed by atoms with Gasteiger partial charge in [0.05, 0.1) is 5.69 Å². The van der Waals surface area contributed by atoms with Gasteiger partial charge in [-0.15, -0.1) is 0 Å². The van der Waals surface area contributed by atoms with Crippen LogP contribution in [0.5, 0.6) is 0 Å². The summed E-state index contributed by atoms with van der Waals surface area (Å²) in [7, 11) is 0. The van der Waals surface area contributed by atoms with Crippen LogP contribution >= 0.6 is 15.9 Å². The van der Waals surface area contributed by atoms with Gasteiger partial charge in [0.2, 0.25) is 0 Å². The second kappa shape index (κ2) is 8.54. The van der Waals surface area contributed by atoms with Gasteiger partial charge in [-0.25, -0.2) is 23.5 Å². The molecule has 2 heterocycles. The van der Waals surface area contributed by atoms with Crippen LogP contribution in [0.4, 0.5) is 14.6 Å². The molecule has 0 radical (unpaired) electrons. The van der Waals surface area contributed by atoms with Crippen molar-refractivity contribution in [1.29, 1.82) is 0 Å². The molecule has 0 atom stereocenters. The molecule has 0 unspecified atom stereocenters. The van der Waals surface area contributed by atoms with Crippen LogP contribution in [-0.2, 0) is 6.42 Å². The van der Waals surface area contributed by atoms with Crippen molar-refractivity contribution in [2.24, 2.45) is 0 Å². The van der Waals surface area contributed by atoms with E-state index >= 15 is 0 Å². The summed E-state index contributed by atoms with van der Waals surface area (Å²) in [4.78, 5) is 23.2. The fourth-order valence-electron chi connectivity index (χ4n) is 2.88. The maximum atomic E-state index is 13.9. The number of aromatic nitrogens is 4. The molecule has 7 nitrogen and oxygen atoms in total. The lowest BCUT2D eigenvalue weighted by Crippen LogP contribution is -2.09. The van der Waals surface area contributed by atoms with E-state index in [0.29, 0.717) is 28.1 Å². The van der Waals surface area contributed by atoms with Gasteiger partial charge in [-0.2, -0.15) is 10.1 Å². The summed E-state index contributed by atoms with van der Waals surface area (Å²) in [5.74, 6) is -0.468. The molecule has 10 heteroatoms. The SMILES string of the molecule is O=c1nc(-c2ccc(-c3cc(NCCc4c(F)cc(Br)cc4F)ncn3)cc2)o[nH]1. The molecule has 0 saturated carbocycles. The molecule has 2 aromatic heterocycles. The molecule has 0 aliphatic heterocycles. The minimum atomic E-state index is -0.597. The summed E-state index contributed by atoms with van der Waals surface area (Å²) in [6.45, 7) is 0.295. The lowest BCUT2D eigenvalue weighted by Gasteiger charge is -2.09. The zero-order valence-corrected chi connectivity index (χ0v) is 16.9. The lowest BCUT2D eigenvalue weighted by atomic mass is 10.1. The summed E-state index contributed by atoms with van der Waals surface area (Å²) in [6, 6.07) is 11.3. The van der Waals surface area contributed by atoms with Crippen molar-refractivity contribution in [1.82, 2.24) is 20.1 Å². The highest BCUT2D eigenvalue weighted by molar-refractivity contribution is 9.10. The third-order valence-electron chi connectivity index (χ3n) is 4.32. The van der Waals surface area contributed by atoms with E-state index in [-0.39, 0.29) is 17.9 Å². The minimum absolute atomic E-state index is 0.0144. The van der Waals surface area contributed by atoms with E-state index < -0.39 is 17.3 Å². The third kappa shape index (κ3) is 4.43. The number of hydrogen-bond donors (Lipinski definition) is 2. The molecule has 0 aliphatic carbocycles. The van der Waals surface area contributed by atoms with E-state index in [2.05, 4.69) is 41.4 Å². The van der Waals surface area contributed by atoms with Gasteiger partial charge in [0, 0.05) is 33.8 Å². The maximum Gasteiger partial charge on any atom is 0.377 e. The Morgan fingerprint density at radius 3 is 2.40 bits per heavy atom. The molecule has 0 fully saturated rings. The van der Waals surface area contributed by atoms with Gasteiger partial charge >= 0.3 is 5.69 Å². The predicted octanol–water partition coefficient (Wildman–Crippen LogP) is 4.18. The third-order valence-corrected chi connectivity index (χ3v) is 4.78. The molecule has 0 saturated heterocycles. The highest BCUT2D eigenvalue weighted by atomic mass is 79.9. The minimum Gasteiger partial charge on any atom is -0.370 e. The number of aromatic amines is 1. The Morgan fingerprint density at radius 2 is 1.73 bits per heavy atom. The van der Waals surface area contributed by atoms with Crippen molar-refractivity contribution in [3.05, 3.63) is 80.9 Å². The summed E-state index contributed by atoms with van der Waals surface area (Å²) < 4.78 is 33.2. The molecule has 4 rings (SSSR count). The lowest BCUT2D eigenvalue weighted by molar-refractivity contribution is 0.424. The predicted molar refractivity (Wildman–Crippen MR) is 110 cm³/mol. The van der Waals surface area contributed by atoms with E-state index in [9.17, 15) is 13.6 Å². The van der Waals surface area contributed by atoms with Gasteiger partial charge in [-0.05, 0) is 30.7 Å². The van der Waals surface area contributed by atoms with Crippen molar-refractivity contribution in [3.63, 3.8) is 0 Å². The number of hydrogen-bond acceptors (Lipinski definition) is 6. The number of halogens is 3. The molecular formula is C20H14BrF2N5O2. The Balaban J connectivity index is 1.45. The molecule has 0 aliphatic rings. The van der Waals surface area contributed by atoms with Crippen molar-refractivity contribution in [2.75, 3.05) is 11.9 Å². The quantitative estimate of drug-likeness (QED) is 0.435. The van der Waals surface area contributed by atoms with Gasteiger partial charge in [-0.1, -0.05) is 28.1 Å². The Labute approximate surface area is 177 Å². The summed E-state index contributed by atoms with van der Waals surface area (Å²) >= 11 is 3.06. The molecule has 0 amide bonds. The second-order valence-corrected chi connectivity index (χ2v) is 7.23. The first-order valence-electron chi connectivity index (χ1n) is 8.85. The van der Waals surface area contributed by atoms with Crippen molar-refractivity contribution in [2.45, 2.75) is 6.42 Å². The van der Waals surface area contributed by atoms with Crippen LogP contribution < -0.4 is 11.0 Å². The number of nitrogens with zero attached hydrogens (tertiary/aromatic N) is 3. The number of anilines is 1. The summed E-state index contributed by atoms with van der Waals surface area (Å²) in [5, 5.41) is 5.19. The van der Waals surface area contributed by atoms with Crippen LogP contribution in [0, 0.1) is 11.6 Å². The molecule has 2 N–H and O–H groups in total. The maximum absolute atomic E-state index is 13.9. The fraction of sp³-hybridized carbons (Fsp3) is 0.100. The topological polar surface area (TPSA) is 96.7 Å². The smallest absolute Gasteiger partial charge is 0.370 e. The van der Waals surface area contributed by atoms with E-state index in [0.717, 1.165) is 5.56 Å². The number of rotatable bonds is 6. The Bertz CT molecular complexity index is 1220. The first-order valence-corrected chi connectivity index (χ1v) is 9.64. The first kappa shape index (κ1) is 19.9. The largest absolute Gasteiger partial charge is 0.377 e. The molecule has 0 bridgehead atoms. The van der Waals surface area contributed by atoms with E-state index in [1.54, 1.807) is 18.2 Å². The summed E-state index contributed by atoms with van der Waals surface area (Å²) in [5.41, 5.74) is 1.57. The fourth-order valence-corrected chi connectivity index (χ4v) is 3.28. The molecule has 2 aromatic carbocycles. The Hall–Kier alpha value is -3.40. The van der Waals surface area contributed by atoms with Crippen LogP contribution in [0.3, 0.4) is 0 Å². The van der Waals surface area contributed by atoms with Crippen LogP contribution in [0.1, 0.15) is 5.56 Å². The van der Waals surface area contributed by atoms with Crippen molar-refractivity contribution >= 4 is 21.7 Å². The number of H-pyrrole nitrogens is 1. The average Bonchev–Trinajstić information content (AvgIpc) is 3.17. The van der Waals surface area contributed by atoms with Gasteiger partial charge < -0.3 is 9.84 Å². The van der Waals surface area contributed by atoms with E-state index in [1.807, 2.05) is 12.1 Å². The molecule has 30 heavy (non-hydrogen) atoms. The van der Waals surface area contributed by atoms with Gasteiger partial charge in [-0.3, -0.25) is 0 Å². The van der Waals surface area contributed by atoms with Crippen molar-refractivity contribution < 1.29 is 13.3 Å². The van der Waals surface area contributed by atoms with Crippen molar-refractivity contribution in [3.8, 4) is 22.7 Å². The highest BCUT2D eigenvalue weighted by Gasteiger charge is 2.11. The zero-order valence-electron chi connectivity index (χ0n) is 15.3. The molecular weight excluding hydrogens is 460 g/mol. The van der Waals surface area contributed by atoms with Crippen LogP contribution in [0.15, 0.2) is 62.6 Å². The van der Waals surface area contributed by atoms with Crippen LogP contribution in [0.25, 0.3) is 22.7 Å². The van der Waals surface area contributed by atoms with Crippen LogP contribution in [0.2, 0.25) is 0 Å². The van der Waals surface area contributed by atoms with Crippen LogP contribution in [-0.4, -0.2) is 26.7 Å². The molecule has 152 valence electrons. The Kier molecular flexibility index (Phi) is 5.66.